The van der Waals surface area contributed by atoms with Gasteiger partial charge in [-0.25, -0.2) is 4.39 Å². The van der Waals surface area contributed by atoms with Gasteiger partial charge in [-0.05, 0) is 36.8 Å². The van der Waals surface area contributed by atoms with Crippen molar-refractivity contribution in [2.75, 3.05) is 13.7 Å². The third kappa shape index (κ3) is 4.64. The summed E-state index contributed by atoms with van der Waals surface area (Å²) in [5.74, 6) is -3.47. The highest BCUT2D eigenvalue weighted by Gasteiger charge is 2.29. The molecule has 1 aromatic rings. The number of benzene rings is 1. The highest BCUT2D eigenvalue weighted by molar-refractivity contribution is 5.58. The van der Waals surface area contributed by atoms with E-state index in [2.05, 4.69) is 20.1 Å². The molecule has 0 radical (unpaired) electrons. The molecule has 2 aliphatic heterocycles. The molecule has 2 heterocycles. The van der Waals surface area contributed by atoms with Crippen molar-refractivity contribution in [3.63, 3.8) is 0 Å². The van der Waals surface area contributed by atoms with Crippen LogP contribution in [-0.4, -0.2) is 19.8 Å². The van der Waals surface area contributed by atoms with Crippen LogP contribution in [0, 0.1) is 17.6 Å². The van der Waals surface area contributed by atoms with E-state index in [0.717, 1.165) is 25.7 Å². The summed E-state index contributed by atoms with van der Waals surface area (Å²) in [6, 6.07) is 1.50. The maximum Gasteiger partial charge on any atom is 0.207 e. The number of halogens is 3. The number of fused-ring (bicyclic) bond motifs is 1. The number of hydrogen-bond acceptors (Lipinski definition) is 3. The molecule has 0 saturated carbocycles. The molecule has 2 aliphatic rings. The zero-order valence-corrected chi connectivity index (χ0v) is 17.4. The fourth-order valence-corrected chi connectivity index (χ4v) is 3.77. The SMILES string of the molecule is C=C(OC)/C(F)=C1/Oc2c(cc(/C=C/C3CCC(CCC)CO3)c(F)c2F)CC1=C. The molecule has 1 fully saturated rings. The van der Waals surface area contributed by atoms with Crippen LogP contribution in [0.3, 0.4) is 0 Å². The van der Waals surface area contributed by atoms with Crippen LogP contribution in [-0.2, 0) is 15.9 Å². The van der Waals surface area contributed by atoms with Gasteiger partial charge >= 0.3 is 0 Å². The Morgan fingerprint density at radius 3 is 2.70 bits per heavy atom. The number of rotatable bonds is 6. The smallest absolute Gasteiger partial charge is 0.207 e. The summed E-state index contributed by atoms with van der Waals surface area (Å²) in [6.07, 6.45) is 7.47. The quantitative estimate of drug-likeness (QED) is 0.498. The van der Waals surface area contributed by atoms with E-state index in [1.165, 1.54) is 19.3 Å². The Kier molecular flexibility index (Phi) is 7.08. The minimum absolute atomic E-state index is 0.0936. The fraction of sp³-hybridized carbons (Fsp3) is 0.417. The molecule has 3 rings (SSSR count). The molecule has 3 nitrogen and oxygen atoms in total. The van der Waals surface area contributed by atoms with Crippen LogP contribution in [0.4, 0.5) is 13.2 Å². The lowest BCUT2D eigenvalue weighted by Gasteiger charge is -2.27. The van der Waals surface area contributed by atoms with E-state index in [0.29, 0.717) is 18.1 Å². The van der Waals surface area contributed by atoms with Gasteiger partial charge in [-0.2, -0.15) is 8.78 Å². The van der Waals surface area contributed by atoms with Gasteiger partial charge in [0.1, 0.15) is 0 Å². The molecule has 0 amide bonds. The molecule has 6 heteroatoms. The van der Waals surface area contributed by atoms with Crippen molar-refractivity contribution in [2.45, 2.75) is 45.1 Å². The molecular weight excluding hydrogens is 393 g/mol. The first-order valence-corrected chi connectivity index (χ1v) is 10.1. The van der Waals surface area contributed by atoms with E-state index in [1.54, 1.807) is 6.08 Å². The average Bonchev–Trinajstić information content (AvgIpc) is 2.75. The summed E-state index contributed by atoms with van der Waals surface area (Å²) in [7, 11) is 1.25. The molecule has 0 aromatic heterocycles. The summed E-state index contributed by atoms with van der Waals surface area (Å²) in [4.78, 5) is 0. The Morgan fingerprint density at radius 1 is 1.30 bits per heavy atom. The maximum atomic E-state index is 14.7. The Morgan fingerprint density at radius 2 is 2.07 bits per heavy atom. The summed E-state index contributed by atoms with van der Waals surface area (Å²) < 4.78 is 59.6. The van der Waals surface area contributed by atoms with Crippen molar-refractivity contribution < 1.29 is 27.4 Å². The molecular formula is C24H27F3O3. The molecule has 2 unspecified atom stereocenters. The first-order valence-electron chi connectivity index (χ1n) is 10.1. The third-order valence-corrected chi connectivity index (χ3v) is 5.48. The first-order chi connectivity index (χ1) is 14.3. The zero-order valence-electron chi connectivity index (χ0n) is 17.4. The van der Waals surface area contributed by atoms with Crippen LogP contribution in [0.2, 0.25) is 0 Å². The van der Waals surface area contributed by atoms with Crippen molar-refractivity contribution >= 4 is 6.08 Å². The molecule has 0 spiro atoms. The van der Waals surface area contributed by atoms with Gasteiger partial charge in [-0.3, -0.25) is 0 Å². The molecule has 1 saturated heterocycles. The van der Waals surface area contributed by atoms with Gasteiger partial charge in [0.2, 0.25) is 11.6 Å². The van der Waals surface area contributed by atoms with Crippen LogP contribution >= 0.6 is 0 Å². The van der Waals surface area contributed by atoms with Crippen LogP contribution < -0.4 is 4.74 Å². The topological polar surface area (TPSA) is 27.7 Å². The fourth-order valence-electron chi connectivity index (χ4n) is 3.77. The van der Waals surface area contributed by atoms with Crippen LogP contribution in [0.25, 0.3) is 6.08 Å². The van der Waals surface area contributed by atoms with Gasteiger partial charge in [0.15, 0.2) is 23.1 Å². The summed E-state index contributed by atoms with van der Waals surface area (Å²) in [5, 5.41) is 0. The predicted octanol–water partition coefficient (Wildman–Crippen LogP) is 6.41. The van der Waals surface area contributed by atoms with E-state index in [4.69, 9.17) is 14.2 Å². The van der Waals surface area contributed by atoms with Crippen LogP contribution in [0.1, 0.15) is 43.7 Å². The van der Waals surface area contributed by atoms with Crippen molar-refractivity contribution in [1.82, 2.24) is 0 Å². The average molecular weight is 420 g/mol. The second kappa shape index (κ2) is 9.56. The molecule has 0 N–H and O–H groups in total. The Labute approximate surface area is 175 Å². The minimum Gasteiger partial charge on any atom is -0.494 e. The Bertz CT molecular complexity index is 893. The molecule has 0 bridgehead atoms. The summed E-state index contributed by atoms with van der Waals surface area (Å²) in [5.41, 5.74) is 0.776. The number of ether oxygens (including phenoxy) is 3. The molecule has 162 valence electrons. The van der Waals surface area contributed by atoms with Crippen LogP contribution in [0.15, 0.2) is 48.2 Å². The Hall–Kier alpha value is -2.47. The largest absolute Gasteiger partial charge is 0.494 e. The lowest BCUT2D eigenvalue weighted by Crippen LogP contribution is -2.24. The van der Waals surface area contributed by atoms with Crippen molar-refractivity contribution in [3.05, 3.63) is 71.0 Å². The van der Waals surface area contributed by atoms with Gasteiger partial charge in [-0.1, -0.05) is 38.7 Å². The number of methoxy groups -OCH3 is 1. The van der Waals surface area contributed by atoms with E-state index in [-0.39, 0.29) is 40.9 Å². The van der Waals surface area contributed by atoms with Gasteiger partial charge in [-0.15, -0.1) is 0 Å². The second-order valence-electron chi connectivity index (χ2n) is 7.70. The highest BCUT2D eigenvalue weighted by Crippen LogP contribution is 2.39. The standard InChI is InChI=1S/C24H27F3O3/c1-5-6-16-7-9-19(29-13-16)10-8-17-12-18-11-14(2)23(20(25)15(3)28-4)30-24(18)22(27)21(17)26/h8,10,12,16,19H,2-3,5-7,9,11,13H2,1,4H3/b10-8+,23-20-. The van der Waals surface area contributed by atoms with Gasteiger partial charge in [0.25, 0.3) is 0 Å². The van der Waals surface area contributed by atoms with E-state index >= 15 is 0 Å². The predicted molar refractivity (Wildman–Crippen MR) is 111 cm³/mol. The zero-order chi connectivity index (χ0) is 21.8. The van der Waals surface area contributed by atoms with Gasteiger partial charge < -0.3 is 14.2 Å². The summed E-state index contributed by atoms with van der Waals surface area (Å²) in [6.45, 7) is 10.0. The highest BCUT2D eigenvalue weighted by atomic mass is 19.2. The minimum atomic E-state index is -1.17. The summed E-state index contributed by atoms with van der Waals surface area (Å²) >= 11 is 0. The van der Waals surface area contributed by atoms with Crippen molar-refractivity contribution in [1.29, 1.82) is 0 Å². The molecule has 1 aromatic carbocycles. The molecule has 0 aliphatic carbocycles. The second-order valence-corrected chi connectivity index (χ2v) is 7.70. The molecule has 30 heavy (non-hydrogen) atoms. The number of allylic oxidation sites excluding steroid dienone is 2. The van der Waals surface area contributed by atoms with Crippen molar-refractivity contribution in [2.24, 2.45) is 5.92 Å². The van der Waals surface area contributed by atoms with E-state index < -0.39 is 17.5 Å². The lowest BCUT2D eigenvalue weighted by molar-refractivity contribution is 0.00878. The normalized spacial score (nSPS) is 23.2. The van der Waals surface area contributed by atoms with Gasteiger partial charge in [0, 0.05) is 17.5 Å². The third-order valence-electron chi connectivity index (χ3n) is 5.48. The van der Waals surface area contributed by atoms with Crippen molar-refractivity contribution in [3.8, 4) is 5.75 Å². The lowest BCUT2D eigenvalue weighted by atomic mass is 9.93. The van der Waals surface area contributed by atoms with Gasteiger partial charge in [0.05, 0.1) is 19.8 Å². The van der Waals surface area contributed by atoms with E-state index in [9.17, 15) is 13.2 Å². The van der Waals surface area contributed by atoms with Crippen LogP contribution in [0.5, 0.6) is 5.75 Å². The first kappa shape index (κ1) is 22.2. The Balaban J connectivity index is 1.81. The number of hydrogen-bond donors (Lipinski definition) is 0. The monoisotopic (exact) mass is 420 g/mol. The molecule has 2 atom stereocenters. The maximum absolute atomic E-state index is 14.7. The van der Waals surface area contributed by atoms with E-state index in [1.807, 2.05) is 0 Å².